The molecule has 1 saturated heterocycles. The average Bonchev–Trinajstić information content (AvgIpc) is 1.55. The molecule has 12 aromatic carbocycles. The zero-order valence-corrected chi connectivity index (χ0v) is 59.2. The molecule has 0 spiro atoms. The largest absolute Gasteiger partial charge is 0.494 e. The van der Waals surface area contributed by atoms with Gasteiger partial charge in [0, 0.05) is 49.0 Å². The fraction of sp³-hybridized carbons (Fsp3) is 0.0652. The maximum Gasteiger partial charge on any atom is 0.494 e. The maximum absolute atomic E-state index is 6.39. The Morgan fingerprint density at radius 1 is 0.274 bits per heavy atom. The van der Waals surface area contributed by atoms with Gasteiger partial charge in [-0.05, 0) is 159 Å². The third-order valence-electron chi connectivity index (χ3n) is 20.8. The summed E-state index contributed by atoms with van der Waals surface area (Å²) in [6, 6.07) is 113. The molecule has 21 rings (SSSR count). The molecule has 506 valence electrons. The maximum atomic E-state index is 6.39. The highest BCUT2D eigenvalue weighted by Crippen LogP contribution is 2.41. The van der Waals surface area contributed by atoms with E-state index in [1.807, 2.05) is 91.0 Å². The summed E-state index contributed by atoms with van der Waals surface area (Å²) in [5, 5.41) is 7.15. The van der Waals surface area contributed by atoms with Crippen LogP contribution < -0.4 is 5.46 Å². The fourth-order valence-electron chi connectivity index (χ4n) is 14.9. The van der Waals surface area contributed by atoms with E-state index >= 15 is 0 Å². The molecular weight excluding hydrogens is 1320 g/mol. The summed E-state index contributed by atoms with van der Waals surface area (Å²) < 4.78 is 21.7. The van der Waals surface area contributed by atoms with Crippen molar-refractivity contribution >= 4 is 123 Å². The van der Waals surface area contributed by atoms with Gasteiger partial charge in [0.25, 0.3) is 0 Å². The van der Waals surface area contributed by atoms with Crippen LogP contribution in [-0.4, -0.2) is 66.2 Å². The number of halogens is 1. The van der Waals surface area contributed by atoms with Gasteiger partial charge in [0.05, 0.1) is 83.5 Å². The Labute approximate surface area is 615 Å². The summed E-state index contributed by atoms with van der Waals surface area (Å²) in [4.78, 5) is 30.3. The Morgan fingerprint density at radius 3 is 1.11 bits per heavy atom. The van der Waals surface area contributed by atoms with Crippen molar-refractivity contribution in [3.05, 3.63) is 333 Å². The Bertz CT molecular complexity index is 6680. The van der Waals surface area contributed by atoms with Crippen LogP contribution in [0.1, 0.15) is 27.7 Å². The minimum Gasteiger partial charge on any atom is -0.399 e. The van der Waals surface area contributed by atoms with Crippen molar-refractivity contribution in [2.75, 3.05) is 0 Å². The lowest BCUT2D eigenvalue weighted by atomic mass is 9.78. The van der Waals surface area contributed by atoms with Gasteiger partial charge in [-0.25, -0.2) is 29.9 Å². The van der Waals surface area contributed by atoms with Crippen LogP contribution in [-0.2, 0) is 9.31 Å². The van der Waals surface area contributed by atoms with E-state index in [2.05, 4.69) is 287 Å². The number of hydrogen-bond acceptors (Lipinski definition) is 8. The number of pyridine rings is 2. The summed E-state index contributed by atoms with van der Waals surface area (Å²) in [6.45, 7) is 8.35. The first-order chi connectivity index (χ1) is 51.9. The van der Waals surface area contributed by atoms with E-state index in [1.165, 1.54) is 0 Å². The molecule has 0 aliphatic carbocycles. The number of benzene rings is 12. The Kier molecular flexibility index (Phi) is 15.6. The minimum atomic E-state index is -0.426. The van der Waals surface area contributed by atoms with Gasteiger partial charge >= 0.3 is 7.12 Å². The standard InChI is InChI=1S/C43H27N5.C32H27BN4O2.C17H12ClN/c1-3-13-28(14-4-1)31-26-37(29-15-5-2-6-16-29)44-38(27-31)30-23-24-40-34(25-30)32-17-8-11-21-39(32)47(40)43-46-35-19-9-7-18-33(35)42-45-36-20-10-12-22-41(36)48(42)43;1-31(2)32(3,4)39-33(38-31)20-17-18-27-23(19-20)21-11-6-9-15-26(21)36(27)30-35-24-13-7-5-12-22(24)29-34-25-14-8-10-16-28(25)37(29)30;18-17-12-15(13-7-3-1-4-8-13)11-16(19-17)14-9-5-2-6-10-14/h1-27H;5-19H,1-4H3;1-12H. The summed E-state index contributed by atoms with van der Waals surface area (Å²) in [6.07, 6.45) is 0. The predicted molar refractivity (Wildman–Crippen MR) is 435 cm³/mol. The van der Waals surface area contributed by atoms with E-state index in [-0.39, 0.29) is 0 Å². The summed E-state index contributed by atoms with van der Waals surface area (Å²) in [7, 11) is -0.426. The number of fused-ring (bicyclic) bond motifs is 16. The number of para-hydroxylation sites is 8. The molecular formula is C92H66BClN10O2. The van der Waals surface area contributed by atoms with E-state index in [0.717, 1.165) is 172 Å². The zero-order chi connectivity index (χ0) is 71.2. The zero-order valence-electron chi connectivity index (χ0n) is 58.4. The lowest BCUT2D eigenvalue weighted by molar-refractivity contribution is 0.00578. The number of nitrogens with zero attached hydrogens (tertiary/aromatic N) is 10. The van der Waals surface area contributed by atoms with Gasteiger partial charge in [-0.1, -0.05) is 236 Å². The van der Waals surface area contributed by atoms with Crippen LogP contribution in [0.5, 0.6) is 0 Å². The molecule has 0 saturated carbocycles. The molecule has 1 fully saturated rings. The summed E-state index contributed by atoms with van der Waals surface area (Å²) in [5.74, 6) is 1.62. The van der Waals surface area contributed by atoms with Crippen molar-refractivity contribution in [2.24, 2.45) is 0 Å². The molecule has 0 bridgehead atoms. The molecule has 12 nitrogen and oxygen atoms in total. The SMILES string of the molecule is CC1(C)OB(c2ccc3c(c2)c2ccccc2n3-c2nc3ccccc3c3nc4ccccc4n23)OC1(C)C.Clc1cc(-c2ccccc2)cc(-c2ccccc2)n1.c1ccc(-c2cc(-c3ccccc3)nc(-c3ccc4c(c3)c3ccccc3n4-c3nc4ccccc4c4nc5ccccc5n34)c2)cc1. The fourth-order valence-corrected chi connectivity index (χ4v) is 15.1. The Hall–Kier alpha value is -12.9. The molecule has 8 aromatic heterocycles. The second kappa shape index (κ2) is 25.8. The molecule has 0 atom stereocenters. The van der Waals surface area contributed by atoms with E-state index in [1.54, 1.807) is 0 Å². The smallest absolute Gasteiger partial charge is 0.399 e. The Balaban J connectivity index is 0.000000118. The van der Waals surface area contributed by atoms with E-state index < -0.39 is 18.3 Å². The van der Waals surface area contributed by atoms with Gasteiger partial charge in [-0.3, -0.25) is 17.9 Å². The first kappa shape index (κ1) is 64.0. The number of imidazole rings is 2. The van der Waals surface area contributed by atoms with Crippen LogP contribution in [0.2, 0.25) is 5.15 Å². The second-order valence-corrected chi connectivity index (χ2v) is 28.2. The number of rotatable bonds is 8. The van der Waals surface area contributed by atoms with Crippen molar-refractivity contribution < 1.29 is 9.31 Å². The van der Waals surface area contributed by atoms with Crippen LogP contribution in [0.25, 0.3) is 167 Å². The molecule has 0 unspecified atom stereocenters. The van der Waals surface area contributed by atoms with Crippen LogP contribution >= 0.6 is 11.6 Å². The highest BCUT2D eigenvalue weighted by molar-refractivity contribution is 6.62. The Morgan fingerprint density at radius 2 is 0.632 bits per heavy atom. The molecule has 0 N–H and O–H groups in total. The lowest BCUT2D eigenvalue weighted by Crippen LogP contribution is -2.41. The highest BCUT2D eigenvalue weighted by Gasteiger charge is 2.52. The van der Waals surface area contributed by atoms with E-state index in [9.17, 15) is 0 Å². The van der Waals surface area contributed by atoms with E-state index in [0.29, 0.717) is 5.15 Å². The third kappa shape index (κ3) is 11.1. The van der Waals surface area contributed by atoms with Gasteiger partial charge < -0.3 is 9.31 Å². The molecule has 14 heteroatoms. The first-order valence-electron chi connectivity index (χ1n) is 35.6. The van der Waals surface area contributed by atoms with Crippen molar-refractivity contribution in [2.45, 2.75) is 38.9 Å². The van der Waals surface area contributed by atoms with Crippen molar-refractivity contribution in [1.29, 1.82) is 0 Å². The molecule has 0 radical (unpaired) electrons. The van der Waals surface area contributed by atoms with E-state index in [4.69, 9.17) is 45.8 Å². The highest BCUT2D eigenvalue weighted by atomic mass is 35.5. The summed E-state index contributed by atoms with van der Waals surface area (Å²) in [5.41, 5.74) is 22.6. The third-order valence-corrected chi connectivity index (χ3v) is 21.0. The molecule has 0 amide bonds. The van der Waals surface area contributed by atoms with Crippen molar-refractivity contribution in [3.63, 3.8) is 0 Å². The van der Waals surface area contributed by atoms with Crippen LogP contribution in [0.15, 0.2) is 328 Å². The number of aromatic nitrogens is 10. The predicted octanol–water partition coefficient (Wildman–Crippen LogP) is 22.0. The average molecular weight is 1390 g/mol. The topological polar surface area (TPSA) is 114 Å². The van der Waals surface area contributed by atoms with Crippen molar-refractivity contribution in [1.82, 2.24) is 47.8 Å². The second-order valence-electron chi connectivity index (χ2n) is 27.8. The van der Waals surface area contributed by atoms with Crippen molar-refractivity contribution in [3.8, 4) is 67.9 Å². The molecule has 9 heterocycles. The lowest BCUT2D eigenvalue weighted by Gasteiger charge is -2.32. The molecule has 106 heavy (non-hydrogen) atoms. The van der Waals surface area contributed by atoms with Gasteiger partial charge in [-0.2, -0.15) is 0 Å². The number of hydrogen-bond donors (Lipinski definition) is 0. The molecule has 20 aromatic rings. The van der Waals surface area contributed by atoms with Crippen LogP contribution in [0, 0.1) is 0 Å². The van der Waals surface area contributed by atoms with Gasteiger partial charge in [0.15, 0.2) is 0 Å². The summed E-state index contributed by atoms with van der Waals surface area (Å²) >= 11 is 6.14. The van der Waals surface area contributed by atoms with Crippen LogP contribution in [0.4, 0.5) is 0 Å². The molecule has 1 aliphatic heterocycles. The minimum absolute atomic E-state index is 0.399. The normalized spacial score (nSPS) is 13.4. The van der Waals surface area contributed by atoms with Crippen LogP contribution in [0.3, 0.4) is 0 Å². The van der Waals surface area contributed by atoms with Gasteiger partial charge in [0.1, 0.15) is 16.4 Å². The van der Waals surface area contributed by atoms with Gasteiger partial charge in [-0.15, -0.1) is 0 Å². The monoisotopic (exact) mass is 1390 g/mol. The van der Waals surface area contributed by atoms with Gasteiger partial charge in [0.2, 0.25) is 11.9 Å². The molecule has 1 aliphatic rings. The quantitative estimate of drug-likeness (QED) is 0.109. The first-order valence-corrected chi connectivity index (χ1v) is 36.0.